The number of ether oxygens (including phenoxy) is 1. The van der Waals surface area contributed by atoms with Crippen molar-refractivity contribution in [2.45, 2.75) is 6.42 Å². The Bertz CT molecular complexity index is 610. The fourth-order valence-corrected chi connectivity index (χ4v) is 2.37. The van der Waals surface area contributed by atoms with Gasteiger partial charge in [0.1, 0.15) is 0 Å². The van der Waals surface area contributed by atoms with Crippen molar-refractivity contribution in [1.82, 2.24) is 0 Å². The minimum Gasteiger partial charge on any atom is -0.478 e. The lowest BCUT2D eigenvalue weighted by atomic mass is 10.0. The number of fused-ring (bicyclic) bond motifs is 1. The molecule has 0 heterocycles. The zero-order chi connectivity index (χ0) is 14.5. The van der Waals surface area contributed by atoms with Crippen LogP contribution in [0.15, 0.2) is 36.4 Å². The van der Waals surface area contributed by atoms with Gasteiger partial charge in [0.25, 0.3) is 0 Å². The largest absolute Gasteiger partial charge is 0.478 e. The van der Waals surface area contributed by atoms with Crippen LogP contribution in [0.3, 0.4) is 0 Å². The van der Waals surface area contributed by atoms with E-state index in [0.29, 0.717) is 5.56 Å². The lowest BCUT2D eigenvalue weighted by molar-refractivity contribution is 0.0699. The van der Waals surface area contributed by atoms with E-state index in [4.69, 9.17) is 4.74 Å². The van der Waals surface area contributed by atoms with Gasteiger partial charge in [-0.2, -0.15) is 0 Å². The summed E-state index contributed by atoms with van der Waals surface area (Å²) in [4.78, 5) is 13.4. The number of carbonyl (C=O) groups is 1. The quantitative estimate of drug-likeness (QED) is 0.822. The molecule has 106 valence electrons. The van der Waals surface area contributed by atoms with Crippen LogP contribution in [0.1, 0.15) is 16.8 Å². The van der Waals surface area contributed by atoms with Gasteiger partial charge >= 0.3 is 5.97 Å². The number of carboxylic acids is 1. The molecule has 0 amide bonds. The van der Waals surface area contributed by atoms with Gasteiger partial charge in [-0.15, -0.1) is 0 Å². The molecular weight excluding hydrogens is 254 g/mol. The molecule has 0 aliphatic heterocycles. The average Bonchev–Trinajstić information content (AvgIpc) is 2.46. The number of benzene rings is 2. The first kappa shape index (κ1) is 14.3. The fraction of sp³-hybridized carbons (Fsp3) is 0.312. The smallest absolute Gasteiger partial charge is 0.336 e. The standard InChI is InChI=1S/C16H19NO3/c1-17(10-5-11-20-2)15-9-8-14(16(18)19)12-6-3-4-7-13(12)15/h3-4,6-9H,5,10-11H2,1-2H3,(H,18,19). The van der Waals surface area contributed by atoms with Crippen LogP contribution in [0.5, 0.6) is 0 Å². The Labute approximate surface area is 118 Å². The maximum atomic E-state index is 11.3. The zero-order valence-corrected chi connectivity index (χ0v) is 11.8. The predicted octanol–water partition coefficient (Wildman–Crippen LogP) is 3.01. The summed E-state index contributed by atoms with van der Waals surface area (Å²) in [7, 11) is 3.70. The molecule has 0 radical (unpaired) electrons. The van der Waals surface area contributed by atoms with E-state index < -0.39 is 5.97 Å². The number of rotatable bonds is 6. The van der Waals surface area contributed by atoms with Crippen LogP contribution in [-0.2, 0) is 4.74 Å². The second-order valence-electron chi connectivity index (χ2n) is 4.75. The maximum Gasteiger partial charge on any atom is 0.336 e. The van der Waals surface area contributed by atoms with Crippen LogP contribution < -0.4 is 4.90 Å². The van der Waals surface area contributed by atoms with Crippen molar-refractivity contribution in [2.24, 2.45) is 0 Å². The van der Waals surface area contributed by atoms with Crippen molar-refractivity contribution in [3.05, 3.63) is 42.0 Å². The Balaban J connectivity index is 2.40. The second kappa shape index (κ2) is 6.39. The lowest BCUT2D eigenvalue weighted by Crippen LogP contribution is -2.20. The first-order valence-corrected chi connectivity index (χ1v) is 6.60. The number of hydrogen-bond donors (Lipinski definition) is 1. The molecule has 0 aliphatic carbocycles. The highest BCUT2D eigenvalue weighted by molar-refractivity contribution is 6.07. The van der Waals surface area contributed by atoms with Crippen molar-refractivity contribution >= 4 is 22.4 Å². The van der Waals surface area contributed by atoms with Crippen LogP contribution >= 0.6 is 0 Å². The van der Waals surface area contributed by atoms with Gasteiger partial charge in [-0.05, 0) is 23.9 Å². The SMILES string of the molecule is COCCCN(C)c1ccc(C(=O)O)c2ccccc12. The molecule has 0 aromatic heterocycles. The topological polar surface area (TPSA) is 49.8 Å². The van der Waals surface area contributed by atoms with Gasteiger partial charge in [0.2, 0.25) is 0 Å². The molecule has 1 N–H and O–H groups in total. The maximum absolute atomic E-state index is 11.3. The Morgan fingerprint density at radius 2 is 1.90 bits per heavy atom. The number of hydrogen-bond acceptors (Lipinski definition) is 3. The monoisotopic (exact) mass is 273 g/mol. The fourth-order valence-electron chi connectivity index (χ4n) is 2.37. The van der Waals surface area contributed by atoms with Crippen molar-refractivity contribution in [2.75, 3.05) is 32.2 Å². The Morgan fingerprint density at radius 3 is 2.55 bits per heavy atom. The highest BCUT2D eigenvalue weighted by Crippen LogP contribution is 2.29. The normalized spacial score (nSPS) is 10.7. The summed E-state index contributed by atoms with van der Waals surface area (Å²) in [5, 5.41) is 11.0. The minimum absolute atomic E-state index is 0.342. The van der Waals surface area contributed by atoms with E-state index in [9.17, 15) is 9.90 Å². The third kappa shape index (κ3) is 2.91. The molecule has 4 nitrogen and oxygen atoms in total. The van der Waals surface area contributed by atoms with E-state index in [1.165, 1.54) is 0 Å². The van der Waals surface area contributed by atoms with E-state index in [2.05, 4.69) is 4.90 Å². The minimum atomic E-state index is -0.894. The molecule has 0 atom stereocenters. The highest BCUT2D eigenvalue weighted by Gasteiger charge is 2.12. The summed E-state index contributed by atoms with van der Waals surface area (Å²) >= 11 is 0. The van der Waals surface area contributed by atoms with E-state index in [1.807, 2.05) is 37.4 Å². The van der Waals surface area contributed by atoms with Gasteiger partial charge in [-0.3, -0.25) is 0 Å². The molecular formula is C16H19NO3. The number of carboxylic acid groups (broad SMARTS) is 1. The highest BCUT2D eigenvalue weighted by atomic mass is 16.5. The third-order valence-electron chi connectivity index (χ3n) is 3.38. The van der Waals surface area contributed by atoms with E-state index in [0.717, 1.165) is 36.0 Å². The molecule has 0 spiro atoms. The van der Waals surface area contributed by atoms with Crippen LogP contribution in [0.4, 0.5) is 5.69 Å². The Hall–Kier alpha value is -2.07. The van der Waals surface area contributed by atoms with Crippen LogP contribution in [0.25, 0.3) is 10.8 Å². The number of anilines is 1. The van der Waals surface area contributed by atoms with Gasteiger partial charge in [0.05, 0.1) is 5.56 Å². The number of nitrogens with zero attached hydrogens (tertiary/aromatic N) is 1. The Kier molecular flexibility index (Phi) is 4.58. The van der Waals surface area contributed by atoms with Gasteiger partial charge in [-0.25, -0.2) is 4.79 Å². The zero-order valence-electron chi connectivity index (χ0n) is 11.8. The molecule has 0 bridgehead atoms. The van der Waals surface area contributed by atoms with Crippen molar-refractivity contribution in [3.63, 3.8) is 0 Å². The summed E-state index contributed by atoms with van der Waals surface area (Å²) in [5.74, 6) is -0.894. The summed E-state index contributed by atoms with van der Waals surface area (Å²) in [5.41, 5.74) is 1.39. The summed E-state index contributed by atoms with van der Waals surface area (Å²) in [6, 6.07) is 11.2. The van der Waals surface area contributed by atoms with Crippen molar-refractivity contribution in [3.8, 4) is 0 Å². The number of methoxy groups -OCH3 is 1. The van der Waals surface area contributed by atoms with Gasteiger partial charge in [0.15, 0.2) is 0 Å². The molecule has 0 saturated heterocycles. The van der Waals surface area contributed by atoms with Crippen LogP contribution in [-0.4, -0.2) is 38.4 Å². The predicted molar refractivity (Wildman–Crippen MR) is 80.7 cm³/mol. The summed E-state index contributed by atoms with van der Waals surface area (Å²) < 4.78 is 5.06. The molecule has 0 unspecified atom stereocenters. The first-order chi connectivity index (χ1) is 9.65. The molecule has 0 saturated carbocycles. The molecule has 2 aromatic carbocycles. The summed E-state index contributed by atoms with van der Waals surface area (Å²) in [6.07, 6.45) is 0.933. The third-order valence-corrected chi connectivity index (χ3v) is 3.38. The molecule has 2 rings (SSSR count). The molecule has 0 aliphatic rings. The van der Waals surface area contributed by atoms with E-state index in [1.54, 1.807) is 13.2 Å². The van der Waals surface area contributed by atoms with Crippen LogP contribution in [0, 0.1) is 0 Å². The van der Waals surface area contributed by atoms with Gasteiger partial charge in [0, 0.05) is 38.4 Å². The molecule has 20 heavy (non-hydrogen) atoms. The lowest BCUT2D eigenvalue weighted by Gasteiger charge is -2.21. The molecule has 0 fully saturated rings. The Morgan fingerprint density at radius 1 is 1.20 bits per heavy atom. The first-order valence-electron chi connectivity index (χ1n) is 6.60. The van der Waals surface area contributed by atoms with Crippen molar-refractivity contribution in [1.29, 1.82) is 0 Å². The molecule has 2 aromatic rings. The van der Waals surface area contributed by atoms with Gasteiger partial charge in [-0.1, -0.05) is 24.3 Å². The van der Waals surface area contributed by atoms with Crippen molar-refractivity contribution < 1.29 is 14.6 Å². The van der Waals surface area contributed by atoms with E-state index >= 15 is 0 Å². The average molecular weight is 273 g/mol. The summed E-state index contributed by atoms with van der Waals surface area (Å²) in [6.45, 7) is 1.58. The van der Waals surface area contributed by atoms with Crippen LogP contribution in [0.2, 0.25) is 0 Å². The van der Waals surface area contributed by atoms with E-state index in [-0.39, 0.29) is 0 Å². The molecule has 4 heteroatoms. The van der Waals surface area contributed by atoms with Gasteiger partial charge < -0.3 is 14.7 Å². The number of aromatic carboxylic acids is 1. The second-order valence-corrected chi connectivity index (χ2v) is 4.75.